The molecule has 0 saturated carbocycles. The highest BCUT2D eigenvalue weighted by Crippen LogP contribution is 2.37. The zero-order chi connectivity index (χ0) is 21.4. The van der Waals surface area contributed by atoms with E-state index in [1.807, 2.05) is 72.6 Å². The minimum Gasteiger partial charge on any atom is -0.318 e. The molecule has 1 aromatic heterocycles. The Hall–Kier alpha value is -3.86. The highest BCUT2D eigenvalue weighted by molar-refractivity contribution is 5.91. The molecule has 3 aromatic carbocycles. The molecule has 0 saturated heterocycles. The van der Waals surface area contributed by atoms with Crippen molar-refractivity contribution < 1.29 is 9.18 Å². The van der Waals surface area contributed by atoms with Crippen LogP contribution in [-0.4, -0.2) is 15.5 Å². The largest absolute Gasteiger partial charge is 0.322 e. The van der Waals surface area contributed by atoms with E-state index in [1.54, 1.807) is 12.1 Å². The number of amides is 2. The minimum absolute atomic E-state index is 0.201. The van der Waals surface area contributed by atoms with E-state index in [9.17, 15) is 9.18 Å². The molecule has 0 radical (unpaired) electrons. The molecule has 31 heavy (non-hydrogen) atoms. The predicted octanol–water partition coefficient (Wildman–Crippen LogP) is 6.06. The summed E-state index contributed by atoms with van der Waals surface area (Å²) in [5, 5.41) is 3.08. The highest BCUT2D eigenvalue weighted by atomic mass is 19.1. The first kappa shape index (κ1) is 19.1. The number of halogens is 1. The maximum Gasteiger partial charge on any atom is 0.322 e. The van der Waals surface area contributed by atoms with Gasteiger partial charge in [0.2, 0.25) is 0 Å². The molecule has 0 bridgehead atoms. The van der Waals surface area contributed by atoms with Crippen LogP contribution in [0.3, 0.4) is 0 Å². The summed E-state index contributed by atoms with van der Waals surface area (Å²) < 4.78 is 15.8. The molecule has 1 unspecified atom stereocenters. The Kier molecular flexibility index (Phi) is 4.79. The molecular formula is C26H22FN3O. The Morgan fingerprint density at radius 1 is 0.935 bits per heavy atom. The number of carbonyl (C=O) groups is 1. The van der Waals surface area contributed by atoms with Crippen molar-refractivity contribution in [2.75, 3.05) is 5.32 Å². The molecule has 2 heterocycles. The summed E-state index contributed by atoms with van der Waals surface area (Å²) in [5.41, 5.74) is 5.67. The van der Waals surface area contributed by atoms with Crippen molar-refractivity contribution in [2.24, 2.45) is 0 Å². The van der Waals surface area contributed by atoms with Gasteiger partial charge in [0.15, 0.2) is 0 Å². The molecule has 0 spiro atoms. The lowest BCUT2D eigenvalue weighted by Gasteiger charge is -2.31. The zero-order valence-corrected chi connectivity index (χ0v) is 17.1. The van der Waals surface area contributed by atoms with Gasteiger partial charge in [-0.1, -0.05) is 48.5 Å². The second-order valence-electron chi connectivity index (χ2n) is 7.76. The smallest absolute Gasteiger partial charge is 0.318 e. The second kappa shape index (κ2) is 7.76. The van der Waals surface area contributed by atoms with Crippen LogP contribution in [-0.2, 0) is 6.54 Å². The van der Waals surface area contributed by atoms with E-state index in [1.165, 1.54) is 12.1 Å². The van der Waals surface area contributed by atoms with Crippen LogP contribution in [0.2, 0.25) is 0 Å². The fourth-order valence-corrected chi connectivity index (χ4v) is 4.24. The molecular weight excluding hydrogens is 389 g/mol. The Morgan fingerprint density at radius 2 is 1.68 bits per heavy atom. The van der Waals surface area contributed by atoms with E-state index in [0.29, 0.717) is 6.54 Å². The summed E-state index contributed by atoms with van der Waals surface area (Å²) in [7, 11) is 0. The fourth-order valence-electron chi connectivity index (χ4n) is 4.24. The van der Waals surface area contributed by atoms with Crippen LogP contribution < -0.4 is 5.32 Å². The molecule has 4 nitrogen and oxygen atoms in total. The number of nitrogens with one attached hydrogen (secondary N) is 1. The van der Waals surface area contributed by atoms with Crippen molar-refractivity contribution in [1.82, 2.24) is 9.47 Å². The van der Waals surface area contributed by atoms with Crippen molar-refractivity contribution >= 4 is 11.7 Å². The third kappa shape index (κ3) is 3.48. The standard InChI is InChI=1S/C26H22FN3O/c1-18-7-2-4-9-22(18)28-26(31)30-17-20-8-3-5-10-23(20)29-16-6-11-24(29)25(30)19-12-14-21(27)15-13-19/h2-16,25H,17H2,1H3,(H,28,31). The Labute approximate surface area is 180 Å². The number of aryl methyl sites for hydroxylation is 1. The summed E-state index contributed by atoms with van der Waals surface area (Å²) in [6.07, 6.45) is 2.01. The van der Waals surface area contributed by atoms with Crippen molar-refractivity contribution in [3.05, 3.63) is 119 Å². The topological polar surface area (TPSA) is 37.3 Å². The molecule has 1 aliphatic heterocycles. The van der Waals surface area contributed by atoms with Gasteiger partial charge in [-0.05, 0) is 60.0 Å². The maximum atomic E-state index is 13.7. The van der Waals surface area contributed by atoms with Crippen LogP contribution in [0, 0.1) is 12.7 Å². The Bertz CT molecular complexity index is 1250. The van der Waals surface area contributed by atoms with Crippen LogP contribution in [0.4, 0.5) is 14.9 Å². The maximum absolute atomic E-state index is 13.7. The van der Waals surface area contributed by atoms with Crippen LogP contribution in [0.5, 0.6) is 0 Å². The van der Waals surface area contributed by atoms with Gasteiger partial charge in [0.25, 0.3) is 0 Å². The number of aromatic nitrogens is 1. The number of nitrogens with zero attached hydrogens (tertiary/aromatic N) is 2. The van der Waals surface area contributed by atoms with Gasteiger partial charge in [0.1, 0.15) is 5.82 Å². The van der Waals surface area contributed by atoms with Crippen LogP contribution in [0.25, 0.3) is 5.69 Å². The third-order valence-electron chi connectivity index (χ3n) is 5.80. The number of anilines is 1. The summed E-state index contributed by atoms with van der Waals surface area (Å²) >= 11 is 0. The highest BCUT2D eigenvalue weighted by Gasteiger charge is 2.33. The Morgan fingerprint density at radius 3 is 2.48 bits per heavy atom. The third-order valence-corrected chi connectivity index (χ3v) is 5.80. The molecule has 4 aromatic rings. The molecule has 0 fully saturated rings. The number of hydrogen-bond donors (Lipinski definition) is 1. The zero-order valence-electron chi connectivity index (χ0n) is 17.1. The van der Waals surface area contributed by atoms with E-state index in [-0.39, 0.29) is 17.9 Å². The lowest BCUT2D eigenvalue weighted by Crippen LogP contribution is -2.38. The molecule has 5 heteroatoms. The quantitative estimate of drug-likeness (QED) is 0.428. The predicted molar refractivity (Wildman–Crippen MR) is 120 cm³/mol. The van der Waals surface area contributed by atoms with Crippen molar-refractivity contribution in [2.45, 2.75) is 19.5 Å². The SMILES string of the molecule is Cc1ccccc1NC(=O)N1Cc2ccccc2-n2cccc2C1c1ccc(F)cc1. The van der Waals surface area contributed by atoms with Gasteiger partial charge in [-0.3, -0.25) is 0 Å². The van der Waals surface area contributed by atoms with Gasteiger partial charge in [-0.15, -0.1) is 0 Å². The summed E-state index contributed by atoms with van der Waals surface area (Å²) in [6.45, 7) is 2.40. The number of rotatable bonds is 2. The van der Waals surface area contributed by atoms with Gasteiger partial charge < -0.3 is 14.8 Å². The lowest BCUT2D eigenvalue weighted by atomic mass is 10.0. The van der Waals surface area contributed by atoms with E-state index in [2.05, 4.69) is 16.0 Å². The van der Waals surface area contributed by atoms with Gasteiger partial charge in [-0.2, -0.15) is 0 Å². The summed E-state index contributed by atoms with van der Waals surface area (Å²) in [4.78, 5) is 15.4. The first-order chi connectivity index (χ1) is 15.1. The van der Waals surface area contributed by atoms with E-state index in [4.69, 9.17) is 0 Å². The van der Waals surface area contributed by atoms with Crippen molar-refractivity contribution in [3.8, 4) is 5.69 Å². The van der Waals surface area contributed by atoms with E-state index in [0.717, 1.165) is 33.8 Å². The molecule has 5 rings (SSSR count). The molecule has 2 amide bonds. The van der Waals surface area contributed by atoms with Crippen LogP contribution >= 0.6 is 0 Å². The van der Waals surface area contributed by atoms with Crippen LogP contribution in [0.1, 0.15) is 28.4 Å². The first-order valence-corrected chi connectivity index (χ1v) is 10.3. The van der Waals surface area contributed by atoms with Crippen LogP contribution in [0.15, 0.2) is 91.1 Å². The second-order valence-corrected chi connectivity index (χ2v) is 7.76. The number of para-hydroxylation sites is 2. The summed E-state index contributed by atoms with van der Waals surface area (Å²) in [5.74, 6) is -0.299. The fraction of sp³-hybridized carbons (Fsp3) is 0.115. The van der Waals surface area contributed by atoms with E-state index >= 15 is 0 Å². The first-order valence-electron chi connectivity index (χ1n) is 10.3. The number of carbonyl (C=O) groups excluding carboxylic acids is 1. The normalized spacial score (nSPS) is 15.0. The molecule has 1 N–H and O–H groups in total. The monoisotopic (exact) mass is 411 g/mol. The molecule has 154 valence electrons. The van der Waals surface area contributed by atoms with Crippen molar-refractivity contribution in [1.29, 1.82) is 0 Å². The number of fused-ring (bicyclic) bond motifs is 3. The van der Waals surface area contributed by atoms with E-state index < -0.39 is 0 Å². The Balaban J connectivity index is 1.64. The van der Waals surface area contributed by atoms with Gasteiger partial charge in [0, 0.05) is 17.6 Å². The lowest BCUT2D eigenvalue weighted by molar-refractivity contribution is 0.194. The average Bonchev–Trinajstić information content (AvgIpc) is 3.20. The number of urea groups is 1. The number of hydrogen-bond acceptors (Lipinski definition) is 1. The van der Waals surface area contributed by atoms with Gasteiger partial charge in [0.05, 0.1) is 18.3 Å². The molecule has 0 aliphatic carbocycles. The van der Waals surface area contributed by atoms with Gasteiger partial charge in [-0.25, -0.2) is 9.18 Å². The molecule has 1 atom stereocenters. The van der Waals surface area contributed by atoms with Gasteiger partial charge >= 0.3 is 6.03 Å². The molecule has 1 aliphatic rings. The minimum atomic E-state index is -0.369. The van der Waals surface area contributed by atoms with Crippen molar-refractivity contribution in [3.63, 3.8) is 0 Å². The number of benzene rings is 3. The summed E-state index contributed by atoms with van der Waals surface area (Å²) in [6, 6.07) is 25.6. The average molecular weight is 411 g/mol.